The van der Waals surface area contributed by atoms with Crippen molar-refractivity contribution in [2.24, 2.45) is 0 Å². The summed E-state index contributed by atoms with van der Waals surface area (Å²) in [7, 11) is 3.25. The maximum absolute atomic E-state index is 12.1. The fourth-order valence-electron chi connectivity index (χ4n) is 2.82. The molecule has 0 saturated heterocycles. The molecule has 0 radical (unpaired) electrons. The molecule has 0 saturated carbocycles. The van der Waals surface area contributed by atoms with E-state index < -0.39 is 0 Å². The summed E-state index contributed by atoms with van der Waals surface area (Å²) in [5.41, 5.74) is 9.91. The Morgan fingerprint density at radius 3 is 2.27 bits per heavy atom. The van der Waals surface area contributed by atoms with Crippen LogP contribution in [0.15, 0.2) is 72.8 Å². The maximum atomic E-state index is 12.1. The number of rotatable bonds is 8. The summed E-state index contributed by atoms with van der Waals surface area (Å²) in [5.74, 6) is 1.23. The van der Waals surface area contributed by atoms with Gasteiger partial charge in [0.05, 0.1) is 25.6 Å². The van der Waals surface area contributed by atoms with Gasteiger partial charge in [-0.05, 0) is 29.3 Å². The van der Waals surface area contributed by atoms with E-state index in [1.807, 2.05) is 54.6 Å². The Kier molecular flexibility index (Phi) is 6.95. The van der Waals surface area contributed by atoms with E-state index in [2.05, 4.69) is 10.6 Å². The molecular weight excluding hydrogens is 378 g/mol. The Balaban J connectivity index is 1.56. The van der Waals surface area contributed by atoms with Gasteiger partial charge in [-0.25, -0.2) is 0 Å². The standard InChI is InChI=1S/C24H25N3O3/c1-29-20-13-19(14-21(15-20)30-2)26-16-18-9-7-17(8-10-18)11-12-24(28)27-23-6-4-3-5-22(23)25/h3-15,26H,16,25H2,1-2H3,(H,27,28)/b12-11+. The molecule has 154 valence electrons. The van der Waals surface area contributed by atoms with Gasteiger partial charge in [0.2, 0.25) is 5.91 Å². The number of hydrogen-bond acceptors (Lipinski definition) is 5. The number of benzene rings is 3. The van der Waals surface area contributed by atoms with Crippen molar-refractivity contribution in [1.82, 2.24) is 0 Å². The first kappa shape index (κ1) is 20.8. The molecule has 4 N–H and O–H groups in total. The van der Waals surface area contributed by atoms with Crippen molar-refractivity contribution in [3.8, 4) is 11.5 Å². The molecule has 0 aromatic heterocycles. The number of carbonyl (C=O) groups is 1. The second kappa shape index (κ2) is 10.0. The predicted molar refractivity (Wildman–Crippen MR) is 122 cm³/mol. The average molecular weight is 403 g/mol. The van der Waals surface area contributed by atoms with Gasteiger partial charge in [0.25, 0.3) is 0 Å². The zero-order valence-corrected chi connectivity index (χ0v) is 17.0. The summed E-state index contributed by atoms with van der Waals surface area (Å²) in [6.45, 7) is 0.647. The molecular formula is C24H25N3O3. The highest BCUT2D eigenvalue weighted by Gasteiger charge is 2.03. The summed E-state index contributed by atoms with van der Waals surface area (Å²) in [6, 6.07) is 20.8. The van der Waals surface area contributed by atoms with Crippen molar-refractivity contribution in [3.05, 3.63) is 83.9 Å². The summed E-state index contributed by atoms with van der Waals surface area (Å²) in [5, 5.41) is 6.13. The van der Waals surface area contributed by atoms with Gasteiger partial charge in [0.15, 0.2) is 0 Å². The van der Waals surface area contributed by atoms with Crippen LogP contribution in [0.4, 0.5) is 17.1 Å². The Bertz CT molecular complexity index is 1010. The fraction of sp³-hybridized carbons (Fsp3) is 0.125. The lowest BCUT2D eigenvalue weighted by Gasteiger charge is -2.11. The number of nitrogens with two attached hydrogens (primary N) is 1. The van der Waals surface area contributed by atoms with Gasteiger partial charge in [0, 0.05) is 36.5 Å². The molecule has 3 rings (SSSR count). The molecule has 3 aromatic carbocycles. The molecule has 0 unspecified atom stereocenters. The number of hydrogen-bond donors (Lipinski definition) is 3. The van der Waals surface area contributed by atoms with Crippen LogP contribution < -0.4 is 25.8 Å². The Morgan fingerprint density at radius 2 is 1.63 bits per heavy atom. The third kappa shape index (κ3) is 5.78. The molecule has 0 atom stereocenters. The van der Waals surface area contributed by atoms with Crippen LogP contribution >= 0.6 is 0 Å². The van der Waals surface area contributed by atoms with Gasteiger partial charge in [-0.3, -0.25) is 4.79 Å². The number of methoxy groups -OCH3 is 2. The lowest BCUT2D eigenvalue weighted by atomic mass is 10.1. The van der Waals surface area contributed by atoms with E-state index in [-0.39, 0.29) is 5.91 Å². The normalized spacial score (nSPS) is 10.6. The van der Waals surface area contributed by atoms with E-state index in [0.29, 0.717) is 17.9 Å². The molecule has 0 fully saturated rings. The minimum absolute atomic E-state index is 0.231. The molecule has 0 bridgehead atoms. The van der Waals surface area contributed by atoms with Gasteiger partial charge in [0.1, 0.15) is 11.5 Å². The van der Waals surface area contributed by atoms with Gasteiger partial charge in [-0.15, -0.1) is 0 Å². The van der Waals surface area contributed by atoms with Gasteiger partial charge in [-0.1, -0.05) is 36.4 Å². The lowest BCUT2D eigenvalue weighted by Crippen LogP contribution is -2.09. The third-order valence-corrected chi connectivity index (χ3v) is 4.47. The van der Waals surface area contributed by atoms with E-state index in [0.717, 1.165) is 28.3 Å². The lowest BCUT2D eigenvalue weighted by molar-refractivity contribution is -0.111. The van der Waals surface area contributed by atoms with Crippen LogP contribution in [0, 0.1) is 0 Å². The summed E-state index contributed by atoms with van der Waals surface area (Å²) >= 11 is 0. The minimum Gasteiger partial charge on any atom is -0.497 e. The first-order valence-electron chi connectivity index (χ1n) is 9.47. The smallest absolute Gasteiger partial charge is 0.248 e. The molecule has 6 heteroatoms. The number of nitrogen functional groups attached to an aromatic ring is 1. The van der Waals surface area contributed by atoms with Crippen molar-refractivity contribution >= 4 is 29.0 Å². The van der Waals surface area contributed by atoms with Crippen LogP contribution in [-0.2, 0) is 11.3 Å². The van der Waals surface area contributed by atoms with E-state index in [1.54, 1.807) is 32.4 Å². The Hall–Kier alpha value is -3.93. The topological polar surface area (TPSA) is 85.6 Å². The summed E-state index contributed by atoms with van der Waals surface area (Å²) < 4.78 is 10.6. The first-order valence-corrected chi connectivity index (χ1v) is 9.47. The SMILES string of the molecule is COc1cc(NCc2ccc(/C=C/C(=O)Nc3ccccc3N)cc2)cc(OC)c1. The van der Waals surface area contributed by atoms with Crippen molar-refractivity contribution in [3.63, 3.8) is 0 Å². The van der Waals surface area contributed by atoms with Gasteiger partial charge >= 0.3 is 0 Å². The van der Waals surface area contributed by atoms with Gasteiger partial charge in [-0.2, -0.15) is 0 Å². The monoisotopic (exact) mass is 403 g/mol. The quantitative estimate of drug-likeness (QED) is 0.379. The van der Waals surface area contributed by atoms with Crippen LogP contribution in [-0.4, -0.2) is 20.1 Å². The van der Waals surface area contributed by atoms with Crippen molar-refractivity contribution in [1.29, 1.82) is 0 Å². The second-order valence-electron chi connectivity index (χ2n) is 6.61. The van der Waals surface area contributed by atoms with Gasteiger partial charge < -0.3 is 25.8 Å². The van der Waals surface area contributed by atoms with E-state index in [4.69, 9.17) is 15.2 Å². The molecule has 0 aliphatic rings. The number of amides is 1. The van der Waals surface area contributed by atoms with Crippen molar-refractivity contribution in [2.75, 3.05) is 30.6 Å². The molecule has 1 amide bonds. The second-order valence-corrected chi connectivity index (χ2v) is 6.61. The Morgan fingerprint density at radius 1 is 0.967 bits per heavy atom. The van der Waals surface area contributed by atoms with Crippen molar-refractivity contribution < 1.29 is 14.3 Å². The number of para-hydroxylation sites is 2. The predicted octanol–water partition coefficient (Wildman–Crippen LogP) is 4.55. The van der Waals surface area contributed by atoms with E-state index in [1.165, 1.54) is 6.08 Å². The zero-order chi connectivity index (χ0) is 21.3. The van der Waals surface area contributed by atoms with Crippen LogP contribution in [0.5, 0.6) is 11.5 Å². The molecule has 3 aromatic rings. The van der Waals surface area contributed by atoms with E-state index in [9.17, 15) is 4.79 Å². The third-order valence-electron chi connectivity index (χ3n) is 4.47. The molecule has 0 heterocycles. The average Bonchev–Trinajstić information content (AvgIpc) is 2.78. The Labute approximate surface area is 176 Å². The molecule has 30 heavy (non-hydrogen) atoms. The van der Waals surface area contributed by atoms with Crippen molar-refractivity contribution in [2.45, 2.75) is 6.54 Å². The van der Waals surface area contributed by atoms with Crippen LogP contribution in [0.25, 0.3) is 6.08 Å². The number of nitrogens with one attached hydrogen (secondary N) is 2. The molecule has 0 aliphatic carbocycles. The number of carbonyl (C=O) groups excluding carboxylic acids is 1. The highest BCUT2D eigenvalue weighted by atomic mass is 16.5. The highest BCUT2D eigenvalue weighted by molar-refractivity contribution is 6.03. The molecule has 6 nitrogen and oxygen atoms in total. The largest absolute Gasteiger partial charge is 0.497 e. The number of anilines is 3. The molecule has 0 spiro atoms. The molecule has 0 aliphatic heterocycles. The van der Waals surface area contributed by atoms with Crippen LogP contribution in [0.2, 0.25) is 0 Å². The minimum atomic E-state index is -0.231. The van der Waals surface area contributed by atoms with Crippen LogP contribution in [0.1, 0.15) is 11.1 Å². The van der Waals surface area contributed by atoms with Crippen LogP contribution in [0.3, 0.4) is 0 Å². The number of ether oxygens (including phenoxy) is 2. The highest BCUT2D eigenvalue weighted by Crippen LogP contribution is 2.26. The fourth-order valence-corrected chi connectivity index (χ4v) is 2.82. The summed E-state index contributed by atoms with van der Waals surface area (Å²) in [6.07, 6.45) is 3.25. The zero-order valence-electron chi connectivity index (χ0n) is 17.0. The van der Waals surface area contributed by atoms with E-state index >= 15 is 0 Å². The summed E-state index contributed by atoms with van der Waals surface area (Å²) in [4.78, 5) is 12.1. The first-order chi connectivity index (χ1) is 14.6. The maximum Gasteiger partial charge on any atom is 0.248 e.